The third-order valence-corrected chi connectivity index (χ3v) is 5.01. The zero-order chi connectivity index (χ0) is 16.1. The van der Waals surface area contributed by atoms with Crippen LogP contribution >= 0.6 is 0 Å². The van der Waals surface area contributed by atoms with E-state index >= 15 is 0 Å². The van der Waals surface area contributed by atoms with Gasteiger partial charge in [0.2, 0.25) is 0 Å². The first kappa shape index (κ1) is 16.7. The van der Waals surface area contributed by atoms with E-state index in [1.165, 1.54) is 37.7 Å². The molecule has 1 aliphatic heterocycles. The lowest BCUT2D eigenvalue weighted by Crippen LogP contribution is -2.51. The molecule has 1 aromatic carbocycles. The molecule has 1 aliphatic carbocycles. The Balaban J connectivity index is 1.60. The van der Waals surface area contributed by atoms with Crippen LogP contribution in [0.5, 0.6) is 5.75 Å². The average molecular weight is 319 g/mol. The van der Waals surface area contributed by atoms with Crippen LogP contribution in [0.4, 0.5) is 0 Å². The van der Waals surface area contributed by atoms with Gasteiger partial charge in [0.25, 0.3) is 0 Å². The average Bonchev–Trinajstić information content (AvgIpc) is 2.78. The van der Waals surface area contributed by atoms with Crippen LogP contribution in [0.25, 0.3) is 0 Å². The van der Waals surface area contributed by atoms with Crippen molar-refractivity contribution >= 4 is 0 Å². The molecular formula is C19H29NO3. The smallest absolute Gasteiger partial charge is 0.134 e. The molecule has 1 aromatic rings. The third-order valence-electron chi connectivity index (χ3n) is 5.01. The topological polar surface area (TPSA) is 41.9 Å². The Hall–Kier alpha value is -1.10. The third kappa shape index (κ3) is 4.69. The summed E-state index contributed by atoms with van der Waals surface area (Å²) in [5.74, 6) is 0.803. The number of nitrogens with zero attached hydrogens (tertiary/aromatic N) is 1. The van der Waals surface area contributed by atoms with Gasteiger partial charge in [0.1, 0.15) is 18.0 Å². The molecule has 1 atom stereocenters. The summed E-state index contributed by atoms with van der Waals surface area (Å²) in [4.78, 5) is 2.42. The number of benzene rings is 1. The number of hydrogen-bond acceptors (Lipinski definition) is 4. The van der Waals surface area contributed by atoms with Crippen LogP contribution in [0.2, 0.25) is 0 Å². The first-order chi connectivity index (χ1) is 11.1. The molecule has 1 heterocycles. The summed E-state index contributed by atoms with van der Waals surface area (Å²) in [6, 6.07) is 8.55. The highest BCUT2D eigenvalue weighted by Gasteiger charge is 2.36. The second-order valence-electron chi connectivity index (χ2n) is 7.14. The van der Waals surface area contributed by atoms with Gasteiger partial charge in [0.05, 0.1) is 13.2 Å². The molecule has 1 unspecified atom stereocenters. The van der Waals surface area contributed by atoms with E-state index in [2.05, 4.69) is 11.8 Å². The van der Waals surface area contributed by atoms with E-state index in [0.29, 0.717) is 25.8 Å². The Labute approximate surface area is 139 Å². The van der Waals surface area contributed by atoms with Crippen molar-refractivity contribution < 1.29 is 14.6 Å². The quantitative estimate of drug-likeness (QED) is 0.926. The molecule has 128 valence electrons. The van der Waals surface area contributed by atoms with E-state index in [0.717, 1.165) is 12.3 Å². The van der Waals surface area contributed by atoms with Crippen LogP contribution < -0.4 is 4.74 Å². The monoisotopic (exact) mass is 319 g/mol. The lowest BCUT2D eigenvalue weighted by molar-refractivity contribution is -0.0681. The molecule has 0 spiro atoms. The van der Waals surface area contributed by atoms with Crippen LogP contribution in [-0.2, 0) is 4.74 Å². The van der Waals surface area contributed by atoms with Crippen LogP contribution in [0.3, 0.4) is 0 Å². The number of rotatable bonds is 4. The van der Waals surface area contributed by atoms with E-state index < -0.39 is 5.60 Å². The van der Waals surface area contributed by atoms with Gasteiger partial charge in [-0.1, -0.05) is 37.0 Å². The molecule has 2 aliphatic rings. The summed E-state index contributed by atoms with van der Waals surface area (Å²) in [5.41, 5.74) is 0.274. The van der Waals surface area contributed by atoms with Gasteiger partial charge in [0.15, 0.2) is 0 Å². The number of aliphatic hydroxyl groups is 1. The van der Waals surface area contributed by atoms with E-state index in [9.17, 15) is 5.11 Å². The summed E-state index contributed by atoms with van der Waals surface area (Å²) in [5, 5.41) is 11.0. The Morgan fingerprint density at radius 2 is 1.96 bits per heavy atom. The number of aryl methyl sites for hydroxylation is 1. The van der Waals surface area contributed by atoms with E-state index in [1.807, 2.05) is 24.3 Å². The minimum Gasteiger partial charge on any atom is -0.490 e. The summed E-state index contributed by atoms with van der Waals surface area (Å²) in [6.07, 6.45) is 6.45. The molecule has 4 heteroatoms. The maximum Gasteiger partial charge on any atom is 0.134 e. The van der Waals surface area contributed by atoms with Crippen LogP contribution in [0, 0.1) is 6.92 Å². The largest absolute Gasteiger partial charge is 0.490 e. The van der Waals surface area contributed by atoms with Gasteiger partial charge in [0, 0.05) is 19.1 Å². The van der Waals surface area contributed by atoms with Crippen LogP contribution in [0.1, 0.15) is 37.7 Å². The highest BCUT2D eigenvalue weighted by molar-refractivity contribution is 5.26. The maximum atomic E-state index is 11.0. The number of β-amino-alcohol motifs (C(OH)–C–C–N with tert-alkyl or cyclic N) is 1. The predicted molar refractivity (Wildman–Crippen MR) is 90.9 cm³/mol. The molecule has 23 heavy (non-hydrogen) atoms. The standard InChI is InChI=1S/C19H29NO3/c1-16-7-9-18(10-8-16)23-15-19(21)13-20(11-12-22-14-19)17-5-3-2-4-6-17/h7-10,17,21H,2-6,11-15H2,1H3. The van der Waals surface area contributed by atoms with Crippen molar-refractivity contribution in [1.82, 2.24) is 4.90 Å². The minimum absolute atomic E-state index is 0.277. The van der Waals surface area contributed by atoms with Gasteiger partial charge in [-0.2, -0.15) is 0 Å². The maximum absolute atomic E-state index is 11.0. The molecule has 0 aromatic heterocycles. The Bertz CT molecular complexity index is 484. The fourth-order valence-corrected chi connectivity index (χ4v) is 3.64. The summed E-state index contributed by atoms with van der Waals surface area (Å²) in [7, 11) is 0. The van der Waals surface area contributed by atoms with E-state index in [4.69, 9.17) is 9.47 Å². The van der Waals surface area contributed by atoms with E-state index in [-0.39, 0.29) is 6.61 Å². The second kappa shape index (κ2) is 7.65. The number of hydrogen-bond donors (Lipinski definition) is 1. The lowest BCUT2D eigenvalue weighted by atomic mass is 9.93. The molecule has 3 rings (SSSR count). The predicted octanol–water partition coefficient (Wildman–Crippen LogP) is 2.77. The first-order valence-electron chi connectivity index (χ1n) is 8.88. The van der Waals surface area contributed by atoms with Crippen molar-refractivity contribution in [3.05, 3.63) is 29.8 Å². The minimum atomic E-state index is -0.932. The van der Waals surface area contributed by atoms with Crippen molar-refractivity contribution in [2.45, 2.75) is 50.7 Å². The molecular weight excluding hydrogens is 290 g/mol. The summed E-state index contributed by atoms with van der Waals surface area (Å²) < 4.78 is 11.5. The highest BCUT2D eigenvalue weighted by Crippen LogP contribution is 2.26. The normalized spacial score (nSPS) is 27.6. The highest BCUT2D eigenvalue weighted by atomic mass is 16.5. The molecule has 1 saturated heterocycles. The van der Waals surface area contributed by atoms with Crippen LogP contribution in [0.15, 0.2) is 24.3 Å². The number of ether oxygens (including phenoxy) is 2. The Morgan fingerprint density at radius 3 is 2.70 bits per heavy atom. The van der Waals surface area contributed by atoms with Gasteiger partial charge in [-0.3, -0.25) is 4.90 Å². The molecule has 4 nitrogen and oxygen atoms in total. The van der Waals surface area contributed by atoms with Crippen molar-refractivity contribution in [2.75, 3.05) is 32.9 Å². The zero-order valence-electron chi connectivity index (χ0n) is 14.2. The molecule has 0 bridgehead atoms. The Kier molecular flexibility index (Phi) is 5.57. The Morgan fingerprint density at radius 1 is 1.22 bits per heavy atom. The fourth-order valence-electron chi connectivity index (χ4n) is 3.64. The van der Waals surface area contributed by atoms with Gasteiger partial charge in [-0.25, -0.2) is 0 Å². The van der Waals surface area contributed by atoms with Gasteiger partial charge >= 0.3 is 0 Å². The van der Waals surface area contributed by atoms with Crippen molar-refractivity contribution in [3.8, 4) is 5.75 Å². The van der Waals surface area contributed by atoms with Gasteiger partial charge in [-0.15, -0.1) is 0 Å². The summed E-state index contributed by atoms with van der Waals surface area (Å²) in [6.45, 7) is 4.93. The SMILES string of the molecule is Cc1ccc(OCC2(O)COCCN(C3CCCCC3)C2)cc1. The van der Waals surface area contributed by atoms with E-state index in [1.54, 1.807) is 0 Å². The van der Waals surface area contributed by atoms with Crippen molar-refractivity contribution in [1.29, 1.82) is 0 Å². The molecule has 1 saturated carbocycles. The zero-order valence-corrected chi connectivity index (χ0v) is 14.2. The second-order valence-corrected chi connectivity index (χ2v) is 7.14. The van der Waals surface area contributed by atoms with Crippen LogP contribution in [-0.4, -0.2) is 54.6 Å². The molecule has 2 fully saturated rings. The summed E-state index contributed by atoms with van der Waals surface area (Å²) >= 11 is 0. The molecule has 0 amide bonds. The first-order valence-corrected chi connectivity index (χ1v) is 8.88. The van der Waals surface area contributed by atoms with Gasteiger partial charge in [-0.05, 0) is 31.9 Å². The lowest BCUT2D eigenvalue weighted by Gasteiger charge is -2.37. The van der Waals surface area contributed by atoms with Crippen molar-refractivity contribution in [3.63, 3.8) is 0 Å². The van der Waals surface area contributed by atoms with Gasteiger partial charge < -0.3 is 14.6 Å². The fraction of sp³-hybridized carbons (Fsp3) is 0.684. The molecule has 1 N–H and O–H groups in total. The van der Waals surface area contributed by atoms with Crippen molar-refractivity contribution in [2.24, 2.45) is 0 Å². The molecule has 0 radical (unpaired) electrons.